The van der Waals surface area contributed by atoms with E-state index < -0.39 is 0 Å². The fraction of sp³-hybridized carbons (Fsp3) is 0.308. The van der Waals surface area contributed by atoms with E-state index >= 15 is 0 Å². The molecule has 0 bridgehead atoms. The van der Waals surface area contributed by atoms with E-state index in [2.05, 4.69) is 4.98 Å². The van der Waals surface area contributed by atoms with Gasteiger partial charge in [-0.25, -0.2) is 4.98 Å². The van der Waals surface area contributed by atoms with E-state index in [0.717, 1.165) is 17.1 Å². The zero-order chi connectivity index (χ0) is 12.3. The Balaban J connectivity index is 2.21. The number of pyridine rings is 1. The molecule has 0 aliphatic rings. The van der Waals surface area contributed by atoms with Gasteiger partial charge in [0.2, 0.25) is 0 Å². The van der Waals surface area contributed by atoms with Gasteiger partial charge < -0.3 is 15.1 Å². The Bertz CT molecular complexity index is 465. The van der Waals surface area contributed by atoms with Gasteiger partial charge in [-0.15, -0.1) is 0 Å². The fourth-order valence-corrected chi connectivity index (χ4v) is 1.79. The monoisotopic (exact) mass is 231 g/mol. The molecule has 0 aliphatic carbocycles. The molecule has 0 fully saturated rings. The molecule has 4 nitrogen and oxygen atoms in total. The molecule has 0 spiro atoms. The summed E-state index contributed by atoms with van der Waals surface area (Å²) in [6.45, 7) is 2.64. The van der Waals surface area contributed by atoms with E-state index in [1.165, 1.54) is 0 Å². The van der Waals surface area contributed by atoms with Crippen LogP contribution in [0.15, 0.2) is 41.1 Å². The van der Waals surface area contributed by atoms with Crippen molar-refractivity contribution in [2.45, 2.75) is 19.5 Å². The van der Waals surface area contributed by atoms with Crippen molar-refractivity contribution in [3.63, 3.8) is 0 Å². The normalized spacial score (nSPS) is 12.4. The minimum Gasteiger partial charge on any atom is -0.467 e. The van der Waals surface area contributed by atoms with Crippen LogP contribution in [0, 0.1) is 0 Å². The first-order chi connectivity index (χ1) is 8.18. The summed E-state index contributed by atoms with van der Waals surface area (Å²) in [5.41, 5.74) is 6.98. The third kappa shape index (κ3) is 2.65. The third-order valence-corrected chi connectivity index (χ3v) is 2.64. The second-order valence-corrected chi connectivity index (χ2v) is 4.14. The Hall–Kier alpha value is -1.81. The SMILES string of the molecule is CC(N)c1cccnc1N(C)Cc1ccco1. The lowest BCUT2D eigenvalue weighted by molar-refractivity contribution is 0.506. The van der Waals surface area contributed by atoms with E-state index in [1.807, 2.05) is 43.1 Å². The molecule has 0 aromatic carbocycles. The van der Waals surface area contributed by atoms with Gasteiger partial charge in [0.1, 0.15) is 11.6 Å². The second kappa shape index (κ2) is 5.01. The maximum atomic E-state index is 5.94. The molecule has 0 saturated heterocycles. The van der Waals surface area contributed by atoms with Gasteiger partial charge in [-0.05, 0) is 25.1 Å². The Morgan fingerprint density at radius 3 is 2.88 bits per heavy atom. The molecule has 2 rings (SSSR count). The maximum Gasteiger partial charge on any atom is 0.133 e. The van der Waals surface area contributed by atoms with Crippen molar-refractivity contribution in [2.75, 3.05) is 11.9 Å². The van der Waals surface area contributed by atoms with Gasteiger partial charge in [0.15, 0.2) is 0 Å². The lowest BCUT2D eigenvalue weighted by atomic mass is 10.1. The number of hydrogen-bond donors (Lipinski definition) is 1. The van der Waals surface area contributed by atoms with Crippen LogP contribution in [0.2, 0.25) is 0 Å². The quantitative estimate of drug-likeness (QED) is 0.877. The van der Waals surface area contributed by atoms with Gasteiger partial charge in [-0.1, -0.05) is 6.07 Å². The summed E-state index contributed by atoms with van der Waals surface area (Å²) >= 11 is 0. The van der Waals surface area contributed by atoms with Crippen LogP contribution >= 0.6 is 0 Å². The Morgan fingerprint density at radius 2 is 2.24 bits per heavy atom. The average Bonchev–Trinajstić information content (AvgIpc) is 2.81. The predicted molar refractivity (Wildman–Crippen MR) is 67.7 cm³/mol. The first-order valence-corrected chi connectivity index (χ1v) is 5.62. The van der Waals surface area contributed by atoms with E-state index in [4.69, 9.17) is 10.2 Å². The van der Waals surface area contributed by atoms with Crippen LogP contribution in [0.4, 0.5) is 5.82 Å². The highest BCUT2D eigenvalue weighted by atomic mass is 16.3. The molecule has 90 valence electrons. The minimum atomic E-state index is -0.0299. The largest absolute Gasteiger partial charge is 0.467 e. The van der Waals surface area contributed by atoms with Gasteiger partial charge in [-0.2, -0.15) is 0 Å². The maximum absolute atomic E-state index is 5.94. The highest BCUT2D eigenvalue weighted by Gasteiger charge is 2.12. The van der Waals surface area contributed by atoms with Crippen molar-refractivity contribution in [3.05, 3.63) is 48.0 Å². The molecule has 0 amide bonds. The van der Waals surface area contributed by atoms with Gasteiger partial charge >= 0.3 is 0 Å². The highest BCUT2D eigenvalue weighted by Crippen LogP contribution is 2.22. The molecule has 0 saturated carbocycles. The zero-order valence-electron chi connectivity index (χ0n) is 10.1. The molecule has 4 heteroatoms. The summed E-state index contributed by atoms with van der Waals surface area (Å²) in [6, 6.07) is 7.71. The molecular formula is C13H17N3O. The average molecular weight is 231 g/mol. The lowest BCUT2D eigenvalue weighted by Crippen LogP contribution is -2.21. The van der Waals surface area contributed by atoms with Gasteiger partial charge in [0, 0.05) is 24.8 Å². The van der Waals surface area contributed by atoms with Crippen molar-refractivity contribution < 1.29 is 4.42 Å². The summed E-state index contributed by atoms with van der Waals surface area (Å²) in [6.07, 6.45) is 3.45. The van der Waals surface area contributed by atoms with Crippen LogP contribution in [-0.2, 0) is 6.54 Å². The molecule has 1 atom stereocenters. The Labute approximate surface area is 101 Å². The molecular weight excluding hydrogens is 214 g/mol. The summed E-state index contributed by atoms with van der Waals surface area (Å²) in [5, 5.41) is 0. The molecule has 0 radical (unpaired) electrons. The molecule has 2 aromatic rings. The molecule has 2 N–H and O–H groups in total. The molecule has 17 heavy (non-hydrogen) atoms. The minimum absolute atomic E-state index is 0.0299. The van der Waals surface area contributed by atoms with Crippen LogP contribution in [0.25, 0.3) is 0 Å². The van der Waals surface area contributed by atoms with Crippen LogP contribution < -0.4 is 10.6 Å². The number of aromatic nitrogens is 1. The van der Waals surface area contributed by atoms with Gasteiger partial charge in [0.25, 0.3) is 0 Å². The number of anilines is 1. The number of nitrogens with zero attached hydrogens (tertiary/aromatic N) is 2. The summed E-state index contributed by atoms with van der Waals surface area (Å²) in [4.78, 5) is 6.42. The van der Waals surface area contributed by atoms with Gasteiger partial charge in [-0.3, -0.25) is 0 Å². The van der Waals surface area contributed by atoms with Gasteiger partial charge in [0.05, 0.1) is 12.8 Å². The summed E-state index contributed by atoms with van der Waals surface area (Å²) in [7, 11) is 1.98. The Morgan fingerprint density at radius 1 is 1.41 bits per heavy atom. The van der Waals surface area contributed by atoms with Crippen molar-refractivity contribution in [3.8, 4) is 0 Å². The molecule has 0 aliphatic heterocycles. The zero-order valence-corrected chi connectivity index (χ0v) is 10.1. The van der Waals surface area contributed by atoms with Crippen molar-refractivity contribution in [1.29, 1.82) is 0 Å². The second-order valence-electron chi connectivity index (χ2n) is 4.14. The topological polar surface area (TPSA) is 55.3 Å². The number of rotatable bonds is 4. The number of hydrogen-bond acceptors (Lipinski definition) is 4. The van der Waals surface area contributed by atoms with E-state index in [1.54, 1.807) is 12.5 Å². The van der Waals surface area contributed by atoms with E-state index in [0.29, 0.717) is 6.54 Å². The first kappa shape index (κ1) is 11.7. The Kier molecular flexibility index (Phi) is 3.44. The standard InChI is InChI=1S/C13H17N3O/c1-10(14)12-6-3-7-15-13(12)16(2)9-11-5-4-8-17-11/h3-8,10H,9,14H2,1-2H3. The summed E-state index contributed by atoms with van der Waals surface area (Å²) in [5.74, 6) is 1.81. The van der Waals surface area contributed by atoms with Crippen molar-refractivity contribution >= 4 is 5.82 Å². The van der Waals surface area contributed by atoms with E-state index in [-0.39, 0.29) is 6.04 Å². The van der Waals surface area contributed by atoms with E-state index in [9.17, 15) is 0 Å². The van der Waals surface area contributed by atoms with Crippen molar-refractivity contribution in [1.82, 2.24) is 4.98 Å². The summed E-state index contributed by atoms with van der Waals surface area (Å²) < 4.78 is 5.33. The molecule has 1 unspecified atom stereocenters. The van der Waals surface area contributed by atoms with Crippen LogP contribution in [0.1, 0.15) is 24.3 Å². The first-order valence-electron chi connectivity index (χ1n) is 5.62. The highest BCUT2D eigenvalue weighted by molar-refractivity contribution is 5.47. The van der Waals surface area contributed by atoms with Crippen molar-refractivity contribution in [2.24, 2.45) is 5.73 Å². The smallest absolute Gasteiger partial charge is 0.133 e. The number of furan rings is 1. The molecule has 2 heterocycles. The number of nitrogens with two attached hydrogens (primary N) is 1. The molecule has 2 aromatic heterocycles. The van der Waals surface area contributed by atoms with Crippen LogP contribution in [0.5, 0.6) is 0 Å². The predicted octanol–water partition coefficient (Wildman–Crippen LogP) is 2.33. The van der Waals surface area contributed by atoms with Crippen LogP contribution in [-0.4, -0.2) is 12.0 Å². The third-order valence-electron chi connectivity index (χ3n) is 2.64. The fourth-order valence-electron chi connectivity index (χ4n) is 1.79. The lowest BCUT2D eigenvalue weighted by Gasteiger charge is -2.21. The van der Waals surface area contributed by atoms with Crippen LogP contribution in [0.3, 0.4) is 0 Å².